The van der Waals surface area contributed by atoms with Crippen molar-refractivity contribution in [1.29, 1.82) is 5.26 Å². The number of halogens is 1. The zero-order valence-electron chi connectivity index (χ0n) is 8.96. The largest absolute Gasteiger partial charge is 0.290 e. The second-order valence-corrected chi connectivity index (χ2v) is 5.35. The van der Waals surface area contributed by atoms with Crippen molar-refractivity contribution in [3.05, 3.63) is 33.3 Å². The summed E-state index contributed by atoms with van der Waals surface area (Å²) in [6.45, 7) is -0.112. The fourth-order valence-corrected chi connectivity index (χ4v) is 2.53. The predicted octanol–water partition coefficient (Wildman–Crippen LogP) is 1.44. The molecule has 0 aromatic heterocycles. The summed E-state index contributed by atoms with van der Waals surface area (Å²) in [7, 11) is -4.03. The van der Waals surface area contributed by atoms with E-state index in [1.807, 2.05) is 0 Å². The van der Waals surface area contributed by atoms with E-state index in [-0.39, 0.29) is 18.0 Å². The van der Waals surface area contributed by atoms with E-state index in [1.165, 1.54) is 6.07 Å². The molecule has 7 nitrogen and oxygen atoms in total. The number of nitrogens with zero attached hydrogens (tertiary/aromatic N) is 2. The third-order valence-corrected chi connectivity index (χ3v) is 3.68. The normalized spacial score (nSPS) is 10.9. The zero-order valence-corrected chi connectivity index (χ0v) is 10.5. The van der Waals surface area contributed by atoms with Gasteiger partial charge in [-0.05, 0) is 12.1 Å². The number of hydrogen-bond acceptors (Lipinski definition) is 5. The fourth-order valence-electron chi connectivity index (χ4n) is 1.18. The van der Waals surface area contributed by atoms with Crippen molar-refractivity contribution in [2.75, 3.05) is 6.54 Å². The minimum atomic E-state index is -4.03. The van der Waals surface area contributed by atoms with E-state index in [0.29, 0.717) is 0 Å². The minimum Gasteiger partial charge on any atom is -0.258 e. The molecule has 1 aromatic rings. The number of sulfonamides is 1. The van der Waals surface area contributed by atoms with Crippen molar-refractivity contribution in [3.63, 3.8) is 0 Å². The Morgan fingerprint density at radius 2 is 2.17 bits per heavy atom. The third kappa shape index (κ3) is 3.40. The van der Waals surface area contributed by atoms with Crippen LogP contribution in [0.1, 0.15) is 6.42 Å². The van der Waals surface area contributed by atoms with Gasteiger partial charge in [0.15, 0.2) is 4.90 Å². The number of benzene rings is 1. The number of nitrogens with one attached hydrogen (secondary N) is 1. The first-order chi connectivity index (χ1) is 8.38. The molecule has 0 aliphatic rings. The number of hydrogen-bond donors (Lipinski definition) is 1. The standard InChI is InChI=1S/C9H8ClN3O4S/c10-7-2-3-9(8(6-7)13(14)15)18(16,17)12-5-1-4-11/h2-3,6,12H,1,5H2. The van der Waals surface area contributed by atoms with Gasteiger partial charge in [0.2, 0.25) is 10.0 Å². The van der Waals surface area contributed by atoms with Crippen LogP contribution in [-0.4, -0.2) is 19.9 Å². The highest BCUT2D eigenvalue weighted by atomic mass is 35.5. The molecular formula is C9H8ClN3O4S. The Morgan fingerprint density at radius 1 is 1.50 bits per heavy atom. The zero-order chi connectivity index (χ0) is 13.8. The molecule has 0 spiro atoms. The molecule has 0 amide bonds. The van der Waals surface area contributed by atoms with Gasteiger partial charge in [-0.3, -0.25) is 10.1 Å². The number of nitriles is 1. The molecule has 1 aromatic carbocycles. The summed E-state index contributed by atoms with van der Waals surface area (Å²) in [5.41, 5.74) is -0.605. The minimum absolute atomic E-state index is 0.0272. The molecule has 1 N–H and O–H groups in total. The highest BCUT2D eigenvalue weighted by Gasteiger charge is 2.25. The fraction of sp³-hybridized carbons (Fsp3) is 0.222. The number of rotatable bonds is 5. The lowest BCUT2D eigenvalue weighted by molar-refractivity contribution is -0.387. The van der Waals surface area contributed by atoms with Crippen LogP contribution >= 0.6 is 11.6 Å². The summed E-state index contributed by atoms with van der Waals surface area (Å²) in [4.78, 5) is 9.45. The van der Waals surface area contributed by atoms with Gasteiger partial charge in [0, 0.05) is 24.1 Å². The summed E-state index contributed by atoms with van der Waals surface area (Å²) < 4.78 is 25.6. The molecule has 0 atom stereocenters. The van der Waals surface area contributed by atoms with Gasteiger partial charge >= 0.3 is 0 Å². The van der Waals surface area contributed by atoms with Crippen molar-refractivity contribution in [1.82, 2.24) is 4.72 Å². The van der Waals surface area contributed by atoms with Crippen LogP contribution in [0.3, 0.4) is 0 Å². The van der Waals surface area contributed by atoms with Crippen molar-refractivity contribution >= 4 is 27.3 Å². The first-order valence-electron chi connectivity index (χ1n) is 4.69. The van der Waals surface area contributed by atoms with E-state index in [2.05, 4.69) is 4.72 Å². The molecule has 0 heterocycles. The van der Waals surface area contributed by atoms with Gasteiger partial charge in [-0.2, -0.15) is 5.26 Å². The Balaban J connectivity index is 3.16. The van der Waals surface area contributed by atoms with Crippen LogP contribution in [0.4, 0.5) is 5.69 Å². The SMILES string of the molecule is N#CCCNS(=O)(=O)c1ccc(Cl)cc1[N+](=O)[O-]. The second-order valence-electron chi connectivity index (χ2n) is 3.18. The molecule has 96 valence electrons. The Morgan fingerprint density at radius 3 is 2.72 bits per heavy atom. The maximum absolute atomic E-state index is 11.8. The van der Waals surface area contributed by atoms with Gasteiger partial charge < -0.3 is 0 Å². The predicted molar refractivity (Wildman–Crippen MR) is 63.5 cm³/mol. The average Bonchev–Trinajstić information content (AvgIpc) is 2.28. The number of nitro groups is 1. The Bertz CT molecular complexity index is 609. The van der Waals surface area contributed by atoms with Crippen molar-refractivity contribution in [2.45, 2.75) is 11.3 Å². The van der Waals surface area contributed by atoms with Crippen molar-refractivity contribution < 1.29 is 13.3 Å². The maximum atomic E-state index is 11.8. The summed E-state index contributed by atoms with van der Waals surface area (Å²) in [6, 6.07) is 5.01. The monoisotopic (exact) mass is 289 g/mol. The molecule has 0 saturated heterocycles. The van der Waals surface area contributed by atoms with Crippen LogP contribution in [-0.2, 0) is 10.0 Å². The van der Waals surface area contributed by atoms with Gasteiger partial charge in [0.25, 0.3) is 5.69 Å². The quantitative estimate of drug-likeness (QED) is 0.500. The first-order valence-corrected chi connectivity index (χ1v) is 6.55. The van der Waals surface area contributed by atoms with Crippen LogP contribution in [0.15, 0.2) is 23.1 Å². The Labute approximate surface area is 108 Å². The van der Waals surface area contributed by atoms with Gasteiger partial charge in [-0.25, -0.2) is 13.1 Å². The lowest BCUT2D eigenvalue weighted by Crippen LogP contribution is -2.25. The van der Waals surface area contributed by atoms with Gasteiger partial charge in [-0.1, -0.05) is 11.6 Å². The van der Waals surface area contributed by atoms with E-state index in [4.69, 9.17) is 16.9 Å². The molecule has 1 rings (SSSR count). The summed E-state index contributed by atoms with van der Waals surface area (Å²) >= 11 is 5.58. The van der Waals surface area contributed by atoms with E-state index >= 15 is 0 Å². The summed E-state index contributed by atoms with van der Waals surface area (Å²) in [5, 5.41) is 19.1. The van der Waals surface area contributed by atoms with Crippen molar-refractivity contribution in [2.24, 2.45) is 0 Å². The lowest BCUT2D eigenvalue weighted by Gasteiger charge is -2.05. The van der Waals surface area contributed by atoms with Crippen LogP contribution < -0.4 is 4.72 Å². The van der Waals surface area contributed by atoms with Crippen LogP contribution in [0, 0.1) is 21.4 Å². The van der Waals surface area contributed by atoms with E-state index in [1.54, 1.807) is 6.07 Å². The highest BCUT2D eigenvalue weighted by Crippen LogP contribution is 2.26. The van der Waals surface area contributed by atoms with E-state index in [0.717, 1.165) is 12.1 Å². The third-order valence-electron chi connectivity index (χ3n) is 1.94. The van der Waals surface area contributed by atoms with Crippen LogP contribution in [0.2, 0.25) is 5.02 Å². The molecule has 0 radical (unpaired) electrons. The summed E-state index contributed by atoms with van der Waals surface area (Å²) in [5.74, 6) is 0. The molecular weight excluding hydrogens is 282 g/mol. The van der Waals surface area contributed by atoms with Crippen LogP contribution in [0.5, 0.6) is 0 Å². The first kappa shape index (κ1) is 14.4. The molecule has 9 heteroatoms. The molecule has 0 unspecified atom stereocenters. The molecule has 0 fully saturated rings. The van der Waals surface area contributed by atoms with Gasteiger partial charge in [-0.15, -0.1) is 0 Å². The smallest absolute Gasteiger partial charge is 0.258 e. The van der Waals surface area contributed by atoms with E-state index in [9.17, 15) is 18.5 Å². The Kier molecular flexibility index (Phi) is 4.61. The molecule has 0 aliphatic carbocycles. The average molecular weight is 290 g/mol. The number of nitro benzene ring substituents is 1. The summed E-state index contributed by atoms with van der Waals surface area (Å²) in [6.07, 6.45) is -0.0272. The molecule has 0 bridgehead atoms. The maximum Gasteiger partial charge on any atom is 0.290 e. The van der Waals surface area contributed by atoms with Crippen LogP contribution in [0.25, 0.3) is 0 Å². The lowest BCUT2D eigenvalue weighted by atomic mass is 10.3. The second kappa shape index (κ2) is 5.77. The molecule has 0 saturated carbocycles. The van der Waals surface area contributed by atoms with Gasteiger partial charge in [0.1, 0.15) is 0 Å². The highest BCUT2D eigenvalue weighted by molar-refractivity contribution is 7.89. The Hall–Kier alpha value is -1.69. The molecule has 18 heavy (non-hydrogen) atoms. The topological polar surface area (TPSA) is 113 Å². The van der Waals surface area contributed by atoms with Crippen molar-refractivity contribution in [3.8, 4) is 6.07 Å². The van der Waals surface area contributed by atoms with Gasteiger partial charge in [0.05, 0.1) is 11.0 Å². The molecule has 0 aliphatic heterocycles. The van der Waals surface area contributed by atoms with E-state index < -0.39 is 25.5 Å².